The number of halogens is 3. The molecule has 0 rings (SSSR count). The summed E-state index contributed by atoms with van der Waals surface area (Å²) in [4.78, 5) is 11.4. The van der Waals surface area contributed by atoms with Crippen LogP contribution < -0.4 is 0 Å². The zero-order valence-corrected chi connectivity index (χ0v) is 13.7. The van der Waals surface area contributed by atoms with Gasteiger partial charge in [-0.15, -0.1) is 12.3 Å². The first kappa shape index (κ1) is 16.5. The third kappa shape index (κ3) is 6.27. The van der Waals surface area contributed by atoms with Crippen LogP contribution in [0.3, 0.4) is 0 Å². The summed E-state index contributed by atoms with van der Waals surface area (Å²) in [6.07, 6.45) is 6.81. The SMILES string of the molecule is C#CCCCC(=O)OCC(CBr)(CBr)CBr. The van der Waals surface area contributed by atoms with E-state index >= 15 is 0 Å². The van der Waals surface area contributed by atoms with Crippen molar-refractivity contribution in [3.63, 3.8) is 0 Å². The summed E-state index contributed by atoms with van der Waals surface area (Å²) in [5.74, 6) is 2.32. The topological polar surface area (TPSA) is 26.3 Å². The van der Waals surface area contributed by atoms with Gasteiger partial charge >= 0.3 is 5.97 Å². The highest BCUT2D eigenvalue weighted by Crippen LogP contribution is 2.26. The summed E-state index contributed by atoms with van der Waals surface area (Å²) < 4.78 is 5.23. The average Bonchev–Trinajstić information content (AvgIpc) is 2.32. The fourth-order valence-corrected chi connectivity index (χ4v) is 4.13. The maximum absolute atomic E-state index is 11.4. The number of alkyl halides is 3. The number of hydrogen-bond acceptors (Lipinski definition) is 2. The molecule has 0 radical (unpaired) electrons. The Labute approximate surface area is 122 Å². The number of hydrogen-bond donors (Lipinski definition) is 0. The summed E-state index contributed by atoms with van der Waals surface area (Å²) >= 11 is 10.3. The van der Waals surface area contributed by atoms with Crippen molar-refractivity contribution >= 4 is 53.8 Å². The minimum absolute atomic E-state index is 0.0816. The molecule has 0 aliphatic rings. The van der Waals surface area contributed by atoms with Crippen LogP contribution >= 0.6 is 47.8 Å². The Morgan fingerprint density at radius 3 is 2.25 bits per heavy atom. The van der Waals surface area contributed by atoms with E-state index in [9.17, 15) is 4.79 Å². The monoisotopic (exact) mass is 416 g/mol. The molecule has 2 nitrogen and oxygen atoms in total. The number of carbonyl (C=O) groups excluding carboxylic acids is 1. The number of esters is 1. The fourth-order valence-electron chi connectivity index (χ4n) is 0.863. The molecule has 0 amide bonds. The van der Waals surface area contributed by atoms with Crippen LogP contribution in [-0.4, -0.2) is 28.6 Å². The molecule has 0 aliphatic carbocycles. The van der Waals surface area contributed by atoms with Gasteiger partial charge in [0, 0.05) is 34.2 Å². The molecule has 0 N–H and O–H groups in total. The van der Waals surface area contributed by atoms with Gasteiger partial charge in [-0.05, 0) is 6.42 Å². The summed E-state index contributed by atoms with van der Waals surface area (Å²) in [7, 11) is 0. The second kappa shape index (κ2) is 9.49. The van der Waals surface area contributed by atoms with E-state index in [1.54, 1.807) is 0 Å². The van der Waals surface area contributed by atoms with Crippen molar-refractivity contribution in [3.05, 3.63) is 0 Å². The maximum atomic E-state index is 11.4. The lowest BCUT2D eigenvalue weighted by molar-refractivity contribution is -0.146. The lowest BCUT2D eigenvalue weighted by Crippen LogP contribution is -2.33. The lowest BCUT2D eigenvalue weighted by atomic mass is 9.98. The Bertz CT molecular complexity index is 236. The molecular formula is C11H15Br3O2. The molecule has 0 bridgehead atoms. The van der Waals surface area contributed by atoms with Gasteiger partial charge < -0.3 is 4.74 Å². The molecule has 0 saturated heterocycles. The van der Waals surface area contributed by atoms with Gasteiger partial charge in [-0.1, -0.05) is 47.8 Å². The zero-order valence-electron chi connectivity index (χ0n) is 8.98. The largest absolute Gasteiger partial charge is 0.465 e. The molecule has 0 aliphatic heterocycles. The molecule has 0 heterocycles. The van der Waals surface area contributed by atoms with Crippen LogP contribution in [-0.2, 0) is 9.53 Å². The molecule has 16 heavy (non-hydrogen) atoms. The van der Waals surface area contributed by atoms with Crippen LogP contribution in [0.5, 0.6) is 0 Å². The van der Waals surface area contributed by atoms with Crippen LogP contribution in [0.1, 0.15) is 19.3 Å². The second-order valence-corrected chi connectivity index (χ2v) is 5.30. The first-order valence-corrected chi connectivity index (χ1v) is 8.27. The third-order valence-electron chi connectivity index (χ3n) is 2.09. The highest BCUT2D eigenvalue weighted by molar-refractivity contribution is 9.10. The van der Waals surface area contributed by atoms with Crippen molar-refractivity contribution in [1.82, 2.24) is 0 Å². The number of rotatable bonds is 8. The Kier molecular flexibility index (Phi) is 9.77. The first-order chi connectivity index (χ1) is 7.64. The van der Waals surface area contributed by atoms with Crippen molar-refractivity contribution in [3.8, 4) is 12.3 Å². The van der Waals surface area contributed by atoms with E-state index < -0.39 is 0 Å². The van der Waals surface area contributed by atoms with Crippen LogP contribution in [0.15, 0.2) is 0 Å². The number of ether oxygens (including phenoxy) is 1. The molecule has 0 unspecified atom stereocenters. The van der Waals surface area contributed by atoms with Gasteiger partial charge in [0.05, 0.1) is 6.61 Å². The number of terminal acetylenes is 1. The van der Waals surface area contributed by atoms with E-state index in [-0.39, 0.29) is 11.4 Å². The van der Waals surface area contributed by atoms with Gasteiger partial charge in [0.1, 0.15) is 0 Å². The molecule has 0 aromatic carbocycles. The van der Waals surface area contributed by atoms with Gasteiger partial charge in [0.25, 0.3) is 0 Å². The minimum Gasteiger partial charge on any atom is -0.465 e. The third-order valence-corrected chi connectivity index (χ3v) is 5.66. The molecule has 0 spiro atoms. The van der Waals surface area contributed by atoms with Gasteiger partial charge in [0.2, 0.25) is 0 Å². The highest BCUT2D eigenvalue weighted by Gasteiger charge is 2.28. The molecule has 0 aromatic heterocycles. The average molecular weight is 419 g/mol. The van der Waals surface area contributed by atoms with E-state index in [4.69, 9.17) is 11.2 Å². The van der Waals surface area contributed by atoms with Crippen molar-refractivity contribution < 1.29 is 9.53 Å². The normalized spacial score (nSPS) is 10.9. The number of carbonyl (C=O) groups is 1. The first-order valence-electron chi connectivity index (χ1n) is 4.91. The lowest BCUT2D eigenvalue weighted by Gasteiger charge is -2.26. The van der Waals surface area contributed by atoms with Crippen LogP contribution in [0, 0.1) is 17.8 Å². The van der Waals surface area contributed by atoms with E-state index in [1.165, 1.54) is 0 Å². The Morgan fingerprint density at radius 2 is 1.81 bits per heavy atom. The van der Waals surface area contributed by atoms with Gasteiger partial charge in [-0.25, -0.2) is 0 Å². The van der Waals surface area contributed by atoms with Gasteiger partial charge in [0.15, 0.2) is 0 Å². The minimum atomic E-state index is -0.178. The zero-order chi connectivity index (χ0) is 12.4. The van der Waals surface area contributed by atoms with E-state index in [1.807, 2.05) is 0 Å². The Morgan fingerprint density at radius 1 is 1.25 bits per heavy atom. The number of unbranched alkanes of at least 4 members (excludes halogenated alkanes) is 1. The van der Waals surface area contributed by atoms with Crippen molar-refractivity contribution in [2.24, 2.45) is 5.41 Å². The van der Waals surface area contributed by atoms with Crippen molar-refractivity contribution in [2.75, 3.05) is 22.6 Å². The van der Waals surface area contributed by atoms with Crippen LogP contribution in [0.4, 0.5) is 0 Å². The molecule has 5 heteroatoms. The molecule has 0 fully saturated rings. The van der Waals surface area contributed by atoms with Gasteiger partial charge in [-0.2, -0.15) is 0 Å². The van der Waals surface area contributed by atoms with E-state index in [0.717, 1.165) is 16.0 Å². The summed E-state index contributed by atoms with van der Waals surface area (Å²) in [5, 5.41) is 2.32. The predicted molar refractivity (Wildman–Crippen MR) is 77.5 cm³/mol. The smallest absolute Gasteiger partial charge is 0.305 e. The van der Waals surface area contributed by atoms with E-state index in [0.29, 0.717) is 25.9 Å². The van der Waals surface area contributed by atoms with Gasteiger partial charge in [-0.3, -0.25) is 4.79 Å². The summed E-state index contributed by atoms with van der Waals surface area (Å²) in [5.41, 5.74) is -0.0816. The molecule has 0 aromatic rings. The quantitative estimate of drug-likeness (QED) is 0.261. The maximum Gasteiger partial charge on any atom is 0.305 e. The summed E-state index contributed by atoms with van der Waals surface area (Å²) in [6, 6.07) is 0. The van der Waals surface area contributed by atoms with Crippen LogP contribution in [0.25, 0.3) is 0 Å². The van der Waals surface area contributed by atoms with Crippen LogP contribution in [0.2, 0.25) is 0 Å². The Hall–Kier alpha value is 0.470. The Balaban J connectivity index is 3.93. The fraction of sp³-hybridized carbons (Fsp3) is 0.727. The molecule has 92 valence electrons. The van der Waals surface area contributed by atoms with Crippen molar-refractivity contribution in [2.45, 2.75) is 19.3 Å². The molecular weight excluding hydrogens is 404 g/mol. The molecule has 0 saturated carbocycles. The standard InChI is InChI=1S/C11H15Br3O2/c1-2-3-4-5-10(15)16-9-11(6-12,7-13)8-14/h1H,3-9H2. The van der Waals surface area contributed by atoms with Crippen molar-refractivity contribution in [1.29, 1.82) is 0 Å². The highest BCUT2D eigenvalue weighted by atomic mass is 79.9. The predicted octanol–water partition coefficient (Wildman–Crippen LogP) is 3.50. The molecule has 0 atom stereocenters. The summed E-state index contributed by atoms with van der Waals surface area (Å²) in [6.45, 7) is 0.406. The van der Waals surface area contributed by atoms with E-state index in [2.05, 4.69) is 53.7 Å². The second-order valence-electron chi connectivity index (χ2n) is 3.62.